The van der Waals surface area contributed by atoms with E-state index in [1.165, 1.54) is 12.5 Å². The third-order valence-corrected chi connectivity index (χ3v) is 2.93. The van der Waals surface area contributed by atoms with Gasteiger partial charge in [0.2, 0.25) is 5.91 Å². The van der Waals surface area contributed by atoms with Gasteiger partial charge in [0.15, 0.2) is 0 Å². The quantitative estimate of drug-likeness (QED) is 0.696. The molecule has 2 atom stereocenters. The summed E-state index contributed by atoms with van der Waals surface area (Å²) in [7, 11) is 0. The smallest absolute Gasteiger partial charge is 0.255 e. The zero-order valence-corrected chi connectivity index (χ0v) is 10.2. The fourth-order valence-electron chi connectivity index (χ4n) is 1.84. The zero-order chi connectivity index (χ0) is 13.0. The molecule has 1 aromatic heterocycles. The lowest BCUT2D eigenvalue weighted by molar-refractivity contribution is -0.123. The molecule has 0 saturated carbocycles. The summed E-state index contributed by atoms with van der Waals surface area (Å²) in [6, 6.07) is 1.15. The minimum Gasteiger partial charge on any atom is -0.472 e. The number of furan rings is 1. The average Bonchev–Trinajstić information content (AvgIpc) is 3.01. The molecule has 18 heavy (non-hydrogen) atoms. The SMILES string of the molecule is CC(NC(=O)c1ccoc1)C(=O)NC1CCNC1. The second kappa shape index (κ2) is 5.68. The number of nitrogens with one attached hydrogen (secondary N) is 3. The molecule has 3 N–H and O–H groups in total. The van der Waals surface area contributed by atoms with Gasteiger partial charge in [-0.2, -0.15) is 0 Å². The summed E-state index contributed by atoms with van der Waals surface area (Å²) in [5, 5.41) is 8.68. The molecule has 2 unspecified atom stereocenters. The van der Waals surface area contributed by atoms with Crippen LogP contribution in [0.3, 0.4) is 0 Å². The molecule has 2 amide bonds. The van der Waals surface area contributed by atoms with E-state index in [0.29, 0.717) is 5.56 Å². The van der Waals surface area contributed by atoms with Gasteiger partial charge in [-0.05, 0) is 26.0 Å². The van der Waals surface area contributed by atoms with Crippen LogP contribution in [0.15, 0.2) is 23.0 Å². The van der Waals surface area contributed by atoms with Crippen molar-refractivity contribution in [3.05, 3.63) is 24.2 Å². The van der Waals surface area contributed by atoms with Gasteiger partial charge in [0.05, 0.1) is 11.8 Å². The van der Waals surface area contributed by atoms with Crippen LogP contribution in [0.4, 0.5) is 0 Å². The third kappa shape index (κ3) is 3.10. The van der Waals surface area contributed by atoms with Crippen molar-refractivity contribution in [2.24, 2.45) is 0 Å². The predicted octanol–water partition coefficient (Wildman–Crippen LogP) is -0.124. The molecule has 6 heteroatoms. The molecule has 98 valence electrons. The van der Waals surface area contributed by atoms with Crippen LogP contribution in [0.1, 0.15) is 23.7 Å². The summed E-state index contributed by atoms with van der Waals surface area (Å²) >= 11 is 0. The molecule has 1 saturated heterocycles. The van der Waals surface area contributed by atoms with Gasteiger partial charge in [-0.15, -0.1) is 0 Å². The van der Waals surface area contributed by atoms with Gasteiger partial charge in [0.1, 0.15) is 12.3 Å². The van der Waals surface area contributed by atoms with Gasteiger partial charge >= 0.3 is 0 Å². The fraction of sp³-hybridized carbons (Fsp3) is 0.500. The van der Waals surface area contributed by atoms with Crippen molar-refractivity contribution in [1.82, 2.24) is 16.0 Å². The second-order valence-electron chi connectivity index (χ2n) is 4.41. The van der Waals surface area contributed by atoms with E-state index in [0.717, 1.165) is 19.5 Å². The molecule has 0 bridgehead atoms. The lowest BCUT2D eigenvalue weighted by Crippen LogP contribution is -2.48. The van der Waals surface area contributed by atoms with Crippen LogP contribution in [-0.2, 0) is 4.79 Å². The Bertz CT molecular complexity index is 410. The number of carbonyl (C=O) groups is 2. The van der Waals surface area contributed by atoms with Crippen LogP contribution < -0.4 is 16.0 Å². The Kier molecular flexibility index (Phi) is 3.99. The van der Waals surface area contributed by atoms with Crippen molar-refractivity contribution < 1.29 is 14.0 Å². The van der Waals surface area contributed by atoms with E-state index in [1.54, 1.807) is 13.0 Å². The molecule has 0 aromatic carbocycles. The Hall–Kier alpha value is -1.82. The molecular formula is C12H17N3O3. The summed E-state index contributed by atoms with van der Waals surface area (Å²) in [6.07, 6.45) is 3.69. The van der Waals surface area contributed by atoms with Gasteiger partial charge in [0.25, 0.3) is 5.91 Å². The highest BCUT2D eigenvalue weighted by Crippen LogP contribution is 2.01. The lowest BCUT2D eigenvalue weighted by Gasteiger charge is -2.17. The summed E-state index contributed by atoms with van der Waals surface area (Å²) in [4.78, 5) is 23.5. The van der Waals surface area contributed by atoms with Crippen molar-refractivity contribution in [3.63, 3.8) is 0 Å². The minimum absolute atomic E-state index is 0.158. The first-order valence-electron chi connectivity index (χ1n) is 6.01. The van der Waals surface area contributed by atoms with Gasteiger partial charge < -0.3 is 20.4 Å². The average molecular weight is 251 g/mol. The molecule has 0 spiro atoms. The van der Waals surface area contributed by atoms with Gasteiger partial charge in [-0.25, -0.2) is 0 Å². The largest absolute Gasteiger partial charge is 0.472 e. The molecule has 1 aliphatic heterocycles. The first-order valence-corrected chi connectivity index (χ1v) is 6.01. The summed E-state index contributed by atoms with van der Waals surface area (Å²) in [5.74, 6) is -0.475. The molecule has 1 aliphatic rings. The van der Waals surface area contributed by atoms with Crippen molar-refractivity contribution >= 4 is 11.8 Å². The number of carbonyl (C=O) groups excluding carboxylic acids is 2. The van der Waals surface area contributed by atoms with E-state index in [1.807, 2.05) is 0 Å². The summed E-state index contributed by atoms with van der Waals surface area (Å²) < 4.78 is 4.82. The van der Waals surface area contributed by atoms with Gasteiger partial charge in [-0.3, -0.25) is 9.59 Å². The molecule has 1 aromatic rings. The summed E-state index contributed by atoms with van der Waals surface area (Å²) in [5.41, 5.74) is 0.414. The van der Waals surface area contributed by atoms with E-state index < -0.39 is 6.04 Å². The Morgan fingerprint density at radius 2 is 2.39 bits per heavy atom. The fourth-order valence-corrected chi connectivity index (χ4v) is 1.84. The topological polar surface area (TPSA) is 83.4 Å². The maximum absolute atomic E-state index is 11.8. The highest BCUT2D eigenvalue weighted by molar-refractivity contribution is 5.97. The van der Waals surface area contributed by atoms with E-state index in [2.05, 4.69) is 16.0 Å². The normalized spacial score (nSPS) is 20.4. The Morgan fingerprint density at radius 3 is 3.00 bits per heavy atom. The first-order chi connectivity index (χ1) is 8.66. The Morgan fingerprint density at radius 1 is 1.56 bits per heavy atom. The van der Waals surface area contributed by atoms with Crippen molar-refractivity contribution in [3.8, 4) is 0 Å². The first kappa shape index (κ1) is 12.6. The van der Waals surface area contributed by atoms with Crippen LogP contribution in [0.25, 0.3) is 0 Å². The number of amides is 2. The molecule has 0 radical (unpaired) electrons. The zero-order valence-electron chi connectivity index (χ0n) is 10.2. The van der Waals surface area contributed by atoms with E-state index in [-0.39, 0.29) is 17.9 Å². The lowest BCUT2D eigenvalue weighted by atomic mass is 10.2. The van der Waals surface area contributed by atoms with Crippen LogP contribution in [-0.4, -0.2) is 37.0 Å². The van der Waals surface area contributed by atoms with Gasteiger partial charge in [-0.1, -0.05) is 0 Å². The van der Waals surface area contributed by atoms with Crippen LogP contribution in [0.2, 0.25) is 0 Å². The molecule has 0 aliphatic carbocycles. The molecular weight excluding hydrogens is 234 g/mol. The second-order valence-corrected chi connectivity index (χ2v) is 4.41. The predicted molar refractivity (Wildman–Crippen MR) is 65.1 cm³/mol. The van der Waals surface area contributed by atoms with Crippen LogP contribution >= 0.6 is 0 Å². The van der Waals surface area contributed by atoms with E-state index in [9.17, 15) is 9.59 Å². The molecule has 2 heterocycles. The molecule has 1 fully saturated rings. The number of rotatable bonds is 4. The highest BCUT2D eigenvalue weighted by Gasteiger charge is 2.21. The molecule has 6 nitrogen and oxygen atoms in total. The van der Waals surface area contributed by atoms with Crippen molar-refractivity contribution in [2.75, 3.05) is 13.1 Å². The maximum Gasteiger partial charge on any atom is 0.255 e. The minimum atomic E-state index is -0.562. The Labute approximate surface area is 105 Å². The van der Waals surface area contributed by atoms with Gasteiger partial charge in [0, 0.05) is 12.6 Å². The highest BCUT2D eigenvalue weighted by atomic mass is 16.3. The Balaban J connectivity index is 1.81. The standard InChI is InChI=1S/C12H17N3O3/c1-8(11(16)15-10-2-4-13-6-10)14-12(17)9-3-5-18-7-9/h3,5,7-8,10,13H,2,4,6H2,1H3,(H,14,17)(H,15,16). The number of hydrogen-bond acceptors (Lipinski definition) is 4. The summed E-state index contributed by atoms with van der Waals surface area (Å²) in [6.45, 7) is 3.37. The maximum atomic E-state index is 11.8. The van der Waals surface area contributed by atoms with Crippen LogP contribution in [0.5, 0.6) is 0 Å². The molecule has 2 rings (SSSR count). The van der Waals surface area contributed by atoms with E-state index in [4.69, 9.17) is 4.42 Å². The van der Waals surface area contributed by atoms with Crippen molar-refractivity contribution in [1.29, 1.82) is 0 Å². The van der Waals surface area contributed by atoms with E-state index >= 15 is 0 Å². The number of hydrogen-bond donors (Lipinski definition) is 3. The monoisotopic (exact) mass is 251 g/mol. The van der Waals surface area contributed by atoms with Crippen LogP contribution in [0, 0.1) is 0 Å². The van der Waals surface area contributed by atoms with Crippen molar-refractivity contribution in [2.45, 2.75) is 25.4 Å². The third-order valence-electron chi connectivity index (χ3n) is 2.93.